The van der Waals surface area contributed by atoms with E-state index in [1.54, 1.807) is 18.3 Å². The van der Waals surface area contributed by atoms with Gasteiger partial charge in [0.2, 0.25) is 0 Å². The maximum Gasteiger partial charge on any atom is 0.174 e. The topological polar surface area (TPSA) is 36.3 Å². The van der Waals surface area contributed by atoms with Gasteiger partial charge in [-0.25, -0.2) is 4.39 Å². The lowest BCUT2D eigenvalue weighted by atomic mass is 9.96. The van der Waals surface area contributed by atoms with Crippen molar-refractivity contribution in [3.8, 4) is 5.69 Å². The Labute approximate surface area is 210 Å². The number of para-hydroxylation sites is 1. The summed E-state index contributed by atoms with van der Waals surface area (Å²) in [6.07, 6.45) is 1.78. The van der Waals surface area contributed by atoms with E-state index < -0.39 is 0 Å². The molecular weight excluding hydrogens is 457 g/mol. The Morgan fingerprint density at radius 3 is 2.34 bits per heavy atom. The smallest absolute Gasteiger partial charge is 0.174 e. The minimum atomic E-state index is -0.309. The summed E-state index contributed by atoms with van der Waals surface area (Å²) in [6, 6.07) is 22.8. The van der Waals surface area contributed by atoms with Crippen LogP contribution in [0.2, 0.25) is 0 Å². The summed E-state index contributed by atoms with van der Waals surface area (Å²) in [4.78, 5) is 8.59. The Hall–Kier alpha value is -3.71. The Bertz CT molecular complexity index is 1360. The first-order valence-corrected chi connectivity index (χ1v) is 12.0. The molecule has 7 heteroatoms. The summed E-state index contributed by atoms with van der Waals surface area (Å²) >= 11 is 5.76. The van der Waals surface area contributed by atoms with Crippen LogP contribution < -0.4 is 15.1 Å². The van der Waals surface area contributed by atoms with Gasteiger partial charge in [0, 0.05) is 43.1 Å². The van der Waals surface area contributed by atoms with Crippen molar-refractivity contribution in [3.63, 3.8) is 0 Å². The van der Waals surface area contributed by atoms with Crippen molar-refractivity contribution < 1.29 is 4.39 Å². The average Bonchev–Trinajstić information content (AvgIpc) is 3.35. The van der Waals surface area contributed by atoms with Crippen LogP contribution in [-0.2, 0) is 0 Å². The lowest BCUT2D eigenvalue weighted by Gasteiger charge is -2.28. The van der Waals surface area contributed by atoms with E-state index in [0.29, 0.717) is 10.8 Å². The van der Waals surface area contributed by atoms with E-state index in [9.17, 15) is 0 Å². The molecule has 1 aliphatic heterocycles. The summed E-state index contributed by atoms with van der Waals surface area (Å²) in [6.45, 7) is 4.21. The molecule has 1 saturated heterocycles. The number of aryl methyl sites for hydroxylation is 1. The Morgan fingerprint density at radius 1 is 0.971 bits per heavy atom. The molecule has 0 bridgehead atoms. The number of pyridine rings is 1. The van der Waals surface area contributed by atoms with Gasteiger partial charge in [-0.05, 0) is 86.2 Å². The zero-order chi connectivity index (χ0) is 24.7. The van der Waals surface area contributed by atoms with E-state index in [-0.39, 0.29) is 17.9 Å². The number of nitrogens with zero attached hydrogens (tertiary/aromatic N) is 4. The van der Waals surface area contributed by atoms with Gasteiger partial charge >= 0.3 is 0 Å². The van der Waals surface area contributed by atoms with Crippen LogP contribution in [0.4, 0.5) is 15.8 Å². The fraction of sp³-hybridized carbons (Fsp3) is 0.214. The average molecular weight is 486 g/mol. The molecule has 0 saturated carbocycles. The third kappa shape index (κ3) is 4.06. The van der Waals surface area contributed by atoms with Crippen molar-refractivity contribution >= 4 is 28.7 Å². The number of hydrogen-bond donors (Lipinski definition) is 1. The zero-order valence-electron chi connectivity index (χ0n) is 20.2. The van der Waals surface area contributed by atoms with Crippen molar-refractivity contribution in [1.29, 1.82) is 0 Å². The van der Waals surface area contributed by atoms with Gasteiger partial charge in [0.05, 0.1) is 23.5 Å². The normalized spacial score (nSPS) is 17.5. The van der Waals surface area contributed by atoms with Gasteiger partial charge in [-0.15, -0.1) is 0 Å². The lowest BCUT2D eigenvalue weighted by molar-refractivity contribution is 0.556. The summed E-state index contributed by atoms with van der Waals surface area (Å²) in [5.74, 6) is -0.309. The number of rotatable bonds is 5. The van der Waals surface area contributed by atoms with Crippen LogP contribution in [0.3, 0.4) is 0 Å². The van der Waals surface area contributed by atoms with Crippen LogP contribution in [0.15, 0.2) is 79.0 Å². The lowest BCUT2D eigenvalue weighted by Crippen LogP contribution is -2.30. The SMILES string of the molecule is Cc1cc(C2C(c3ccccn3)NC(=S)N2c2ccccc2F)c(C)n1-c1ccc(N(C)C)cc1. The number of benzene rings is 2. The van der Waals surface area contributed by atoms with Crippen LogP contribution in [0.5, 0.6) is 0 Å². The maximum absolute atomic E-state index is 15.0. The van der Waals surface area contributed by atoms with E-state index in [0.717, 1.165) is 34.0 Å². The minimum absolute atomic E-state index is 0.228. The van der Waals surface area contributed by atoms with Crippen molar-refractivity contribution in [2.45, 2.75) is 25.9 Å². The van der Waals surface area contributed by atoms with Crippen LogP contribution in [0, 0.1) is 19.7 Å². The number of aromatic nitrogens is 2. The van der Waals surface area contributed by atoms with E-state index in [1.807, 2.05) is 43.3 Å². The quantitative estimate of drug-likeness (QED) is 0.358. The molecule has 2 atom stereocenters. The molecule has 35 heavy (non-hydrogen) atoms. The van der Waals surface area contributed by atoms with E-state index in [2.05, 4.69) is 63.9 Å². The molecule has 0 radical (unpaired) electrons. The molecule has 0 aliphatic carbocycles. The molecule has 0 spiro atoms. The van der Waals surface area contributed by atoms with Gasteiger partial charge in [0.15, 0.2) is 5.11 Å². The minimum Gasteiger partial charge on any atom is -0.378 e. The van der Waals surface area contributed by atoms with E-state index in [1.165, 1.54) is 6.07 Å². The Morgan fingerprint density at radius 2 is 1.69 bits per heavy atom. The van der Waals surface area contributed by atoms with Crippen LogP contribution in [0.1, 0.15) is 34.7 Å². The molecule has 1 N–H and O–H groups in total. The number of nitrogens with one attached hydrogen (secondary N) is 1. The highest BCUT2D eigenvalue weighted by atomic mass is 32.1. The third-order valence-electron chi connectivity index (χ3n) is 6.62. The fourth-order valence-corrected chi connectivity index (χ4v) is 5.30. The van der Waals surface area contributed by atoms with Crippen molar-refractivity contribution in [1.82, 2.24) is 14.9 Å². The summed E-state index contributed by atoms with van der Waals surface area (Å²) in [5.41, 5.74) is 6.79. The summed E-state index contributed by atoms with van der Waals surface area (Å²) in [5, 5.41) is 3.91. The molecule has 4 aromatic rings. The molecule has 2 unspecified atom stereocenters. The highest BCUT2D eigenvalue weighted by Gasteiger charge is 2.43. The molecule has 1 aliphatic rings. The van der Waals surface area contributed by atoms with E-state index in [4.69, 9.17) is 12.2 Å². The van der Waals surface area contributed by atoms with Crippen LogP contribution in [0.25, 0.3) is 5.69 Å². The van der Waals surface area contributed by atoms with Crippen molar-refractivity contribution in [2.75, 3.05) is 23.9 Å². The van der Waals surface area contributed by atoms with Gasteiger partial charge in [-0.3, -0.25) is 4.98 Å². The standard InChI is InChI=1S/C28H28FN5S/c1-18-17-22(19(2)33(18)21-14-12-20(13-15-21)32(3)4)27-26(24-10-7-8-16-30-24)31-28(35)34(27)25-11-6-5-9-23(25)29/h5-17,26-27H,1-4H3,(H,31,35). The highest BCUT2D eigenvalue weighted by molar-refractivity contribution is 7.80. The monoisotopic (exact) mass is 485 g/mol. The molecule has 178 valence electrons. The summed E-state index contributed by atoms with van der Waals surface area (Å²) < 4.78 is 17.3. The Kier molecular flexibility index (Phi) is 6.03. The van der Waals surface area contributed by atoms with Gasteiger partial charge in [-0.2, -0.15) is 0 Å². The largest absolute Gasteiger partial charge is 0.378 e. The molecule has 1 fully saturated rings. The van der Waals surface area contributed by atoms with Gasteiger partial charge in [0.25, 0.3) is 0 Å². The molecule has 2 aromatic heterocycles. The van der Waals surface area contributed by atoms with Gasteiger partial charge in [0.1, 0.15) is 5.82 Å². The zero-order valence-corrected chi connectivity index (χ0v) is 21.1. The molecule has 3 heterocycles. The molecule has 5 nitrogen and oxygen atoms in total. The second-order valence-corrected chi connectivity index (χ2v) is 9.41. The molecule has 2 aromatic carbocycles. The number of hydrogen-bond acceptors (Lipinski definition) is 3. The highest BCUT2D eigenvalue weighted by Crippen LogP contribution is 2.44. The van der Waals surface area contributed by atoms with Crippen LogP contribution in [-0.4, -0.2) is 28.8 Å². The first-order chi connectivity index (χ1) is 16.9. The third-order valence-corrected chi connectivity index (χ3v) is 6.94. The van der Waals surface area contributed by atoms with Gasteiger partial charge < -0.3 is 19.7 Å². The maximum atomic E-state index is 15.0. The summed E-state index contributed by atoms with van der Waals surface area (Å²) in [7, 11) is 4.06. The Balaban J connectivity index is 1.66. The predicted octanol–water partition coefficient (Wildman–Crippen LogP) is 5.87. The first-order valence-electron chi connectivity index (χ1n) is 11.6. The fourth-order valence-electron chi connectivity index (χ4n) is 4.96. The molecular formula is C28H28FN5S. The van der Waals surface area contributed by atoms with Crippen molar-refractivity contribution in [3.05, 3.63) is 107 Å². The van der Waals surface area contributed by atoms with Crippen molar-refractivity contribution in [2.24, 2.45) is 0 Å². The first kappa shape index (κ1) is 23.1. The van der Waals surface area contributed by atoms with E-state index >= 15 is 4.39 Å². The van der Waals surface area contributed by atoms with Crippen LogP contribution >= 0.6 is 12.2 Å². The molecule has 5 rings (SSSR count). The number of thiocarbonyl (C=S) groups is 1. The van der Waals surface area contributed by atoms with Gasteiger partial charge in [-0.1, -0.05) is 18.2 Å². The second kappa shape index (κ2) is 9.15. The predicted molar refractivity (Wildman–Crippen MR) is 144 cm³/mol. The number of anilines is 2. The molecule has 0 amide bonds. The second-order valence-electron chi connectivity index (χ2n) is 9.02. The number of halogens is 1.